The van der Waals surface area contributed by atoms with Crippen LogP contribution in [0.2, 0.25) is 5.02 Å². The molecule has 0 atom stereocenters. The molecule has 2 aromatic rings. The summed E-state index contributed by atoms with van der Waals surface area (Å²) in [4.78, 5) is 3.61. The molecule has 6 heteroatoms. The number of halogens is 4. The maximum absolute atomic E-state index is 13.4. The van der Waals surface area contributed by atoms with Gasteiger partial charge in [-0.1, -0.05) is 11.6 Å². The van der Waals surface area contributed by atoms with Gasteiger partial charge in [0.1, 0.15) is 11.6 Å². The van der Waals surface area contributed by atoms with E-state index in [1.165, 1.54) is 7.11 Å². The predicted octanol–water partition coefficient (Wildman–Crippen LogP) is 3.31. The fraction of sp³-hybridized carbons (Fsp3) is 0.100. The van der Waals surface area contributed by atoms with Gasteiger partial charge in [0, 0.05) is 12.1 Å². The topological polar surface area (TPSA) is 22.1 Å². The Bertz CT molecular complexity index is 574. The lowest BCUT2D eigenvalue weighted by atomic mass is 10.2. The van der Waals surface area contributed by atoms with E-state index in [4.69, 9.17) is 11.6 Å². The number of benzene rings is 1. The predicted molar refractivity (Wildman–Crippen MR) is 53.2 cm³/mol. The van der Waals surface area contributed by atoms with E-state index in [1.54, 1.807) is 0 Å². The van der Waals surface area contributed by atoms with E-state index in [0.717, 1.165) is 6.07 Å². The fourth-order valence-corrected chi connectivity index (χ4v) is 1.63. The highest BCUT2D eigenvalue weighted by atomic mass is 35.5. The number of aromatic nitrogens is 1. The van der Waals surface area contributed by atoms with Gasteiger partial charge in [0.15, 0.2) is 0 Å². The summed E-state index contributed by atoms with van der Waals surface area (Å²) in [5.74, 6) is -3.15. The summed E-state index contributed by atoms with van der Waals surface area (Å²) in [7, 11) is 1.18. The lowest BCUT2D eigenvalue weighted by Crippen LogP contribution is -1.96. The first-order valence-electron chi connectivity index (χ1n) is 4.22. The smallest absolute Gasteiger partial charge is 0.252 e. The van der Waals surface area contributed by atoms with E-state index in [9.17, 15) is 13.2 Å². The normalized spacial score (nSPS) is 10.8. The van der Waals surface area contributed by atoms with E-state index >= 15 is 0 Å². The molecule has 0 aliphatic rings. The Balaban J connectivity index is 2.92. The second-order valence-electron chi connectivity index (χ2n) is 3.03. The van der Waals surface area contributed by atoms with Gasteiger partial charge in [-0.05, 0) is 0 Å². The molecule has 2 rings (SSSR count). The highest BCUT2D eigenvalue weighted by molar-refractivity contribution is 6.35. The number of hydrogen-bond acceptors (Lipinski definition) is 2. The first-order valence-corrected chi connectivity index (χ1v) is 4.60. The molecule has 16 heavy (non-hydrogen) atoms. The van der Waals surface area contributed by atoms with Crippen molar-refractivity contribution in [1.29, 1.82) is 0 Å². The van der Waals surface area contributed by atoms with Crippen molar-refractivity contribution in [2.24, 2.45) is 0 Å². The molecule has 0 saturated heterocycles. The lowest BCUT2D eigenvalue weighted by molar-refractivity contribution is 0.371. The second-order valence-corrected chi connectivity index (χ2v) is 3.41. The number of rotatable bonds is 1. The molecule has 0 aliphatic carbocycles. The van der Waals surface area contributed by atoms with Crippen LogP contribution in [0.25, 0.3) is 10.9 Å². The Hall–Kier alpha value is -1.49. The van der Waals surface area contributed by atoms with Gasteiger partial charge < -0.3 is 4.74 Å². The summed E-state index contributed by atoms with van der Waals surface area (Å²) < 4.78 is 44.3. The summed E-state index contributed by atoms with van der Waals surface area (Å²) in [6, 6.07) is 1.56. The molecule has 0 saturated carbocycles. The van der Waals surface area contributed by atoms with Gasteiger partial charge in [0.2, 0.25) is 5.82 Å². The van der Waals surface area contributed by atoms with Crippen LogP contribution >= 0.6 is 11.6 Å². The molecule has 0 spiro atoms. The highest BCUT2D eigenvalue weighted by Gasteiger charge is 2.17. The molecule has 2 nitrogen and oxygen atoms in total. The summed E-state index contributed by atoms with van der Waals surface area (Å²) in [6.45, 7) is 0. The number of methoxy groups -OCH3 is 1. The lowest BCUT2D eigenvalue weighted by Gasteiger charge is -2.07. The van der Waals surface area contributed by atoms with Crippen molar-refractivity contribution in [2.75, 3.05) is 7.11 Å². The molecule has 0 fully saturated rings. The largest absolute Gasteiger partial charge is 0.479 e. The van der Waals surface area contributed by atoms with Crippen molar-refractivity contribution in [3.8, 4) is 5.88 Å². The standard InChI is InChI=1S/C10H5ClF3NO/c1-16-10-9(14)8(11)7-5(13)2-4(12)3-6(7)15-10/h2-3H,1H3. The minimum atomic E-state index is -0.970. The zero-order valence-electron chi connectivity index (χ0n) is 8.02. The summed E-state index contributed by atoms with van der Waals surface area (Å²) in [5.41, 5.74) is -0.0965. The Morgan fingerprint density at radius 2 is 1.94 bits per heavy atom. The zero-order chi connectivity index (χ0) is 11.9. The van der Waals surface area contributed by atoms with Crippen LogP contribution in [0.5, 0.6) is 5.88 Å². The Kier molecular flexibility index (Phi) is 2.63. The quantitative estimate of drug-likeness (QED) is 0.771. The van der Waals surface area contributed by atoms with Gasteiger partial charge in [-0.2, -0.15) is 4.39 Å². The minimum Gasteiger partial charge on any atom is -0.479 e. The van der Waals surface area contributed by atoms with Gasteiger partial charge in [-0.3, -0.25) is 0 Å². The number of fused-ring (bicyclic) bond motifs is 1. The van der Waals surface area contributed by atoms with E-state index in [-0.39, 0.29) is 10.9 Å². The van der Waals surface area contributed by atoms with Crippen molar-refractivity contribution in [2.45, 2.75) is 0 Å². The van der Waals surface area contributed by atoms with Crippen molar-refractivity contribution < 1.29 is 17.9 Å². The minimum absolute atomic E-state index is 0.0965. The first kappa shape index (κ1) is 11.0. The third-order valence-electron chi connectivity index (χ3n) is 2.05. The van der Waals surface area contributed by atoms with Crippen molar-refractivity contribution in [3.63, 3.8) is 0 Å². The van der Waals surface area contributed by atoms with Crippen LogP contribution in [0.3, 0.4) is 0 Å². The van der Waals surface area contributed by atoms with Crippen LogP contribution < -0.4 is 4.74 Å². The van der Waals surface area contributed by atoms with Crippen LogP contribution in [0, 0.1) is 17.5 Å². The molecule has 0 aliphatic heterocycles. The molecular formula is C10H5ClF3NO. The Labute approximate surface area is 93.6 Å². The van der Waals surface area contributed by atoms with Crippen molar-refractivity contribution in [3.05, 3.63) is 34.6 Å². The summed E-state index contributed by atoms with van der Waals surface area (Å²) in [6.07, 6.45) is 0. The monoisotopic (exact) mass is 247 g/mol. The molecule has 0 unspecified atom stereocenters. The second kappa shape index (κ2) is 3.83. The molecule has 1 aromatic heterocycles. The molecule has 84 valence electrons. The van der Waals surface area contributed by atoms with Gasteiger partial charge in [-0.15, -0.1) is 0 Å². The van der Waals surface area contributed by atoms with Crippen LogP contribution in [-0.2, 0) is 0 Å². The Morgan fingerprint density at radius 3 is 2.56 bits per heavy atom. The third-order valence-corrected chi connectivity index (χ3v) is 2.40. The Morgan fingerprint density at radius 1 is 1.25 bits per heavy atom. The maximum Gasteiger partial charge on any atom is 0.252 e. The molecule has 0 N–H and O–H groups in total. The van der Waals surface area contributed by atoms with Gasteiger partial charge in [0.05, 0.1) is 23.0 Å². The summed E-state index contributed by atoms with van der Waals surface area (Å²) in [5, 5.41) is -0.735. The van der Waals surface area contributed by atoms with Gasteiger partial charge in [-0.25, -0.2) is 13.8 Å². The number of nitrogens with zero attached hydrogens (tertiary/aromatic N) is 1. The first-order chi connectivity index (χ1) is 7.54. The van der Waals surface area contributed by atoms with Crippen molar-refractivity contribution >= 4 is 22.5 Å². The van der Waals surface area contributed by atoms with E-state index < -0.39 is 28.4 Å². The number of pyridine rings is 1. The molecule has 1 heterocycles. The molecular weight excluding hydrogens is 243 g/mol. The number of ether oxygens (including phenoxy) is 1. The van der Waals surface area contributed by atoms with E-state index in [0.29, 0.717) is 6.07 Å². The maximum atomic E-state index is 13.4. The van der Waals surface area contributed by atoms with Crippen LogP contribution in [0.4, 0.5) is 13.2 Å². The SMILES string of the molecule is COc1nc2cc(F)cc(F)c2c(Cl)c1F. The number of hydrogen-bond donors (Lipinski definition) is 0. The fourth-order valence-electron chi connectivity index (χ4n) is 1.36. The van der Waals surface area contributed by atoms with Crippen molar-refractivity contribution in [1.82, 2.24) is 4.98 Å². The van der Waals surface area contributed by atoms with E-state index in [2.05, 4.69) is 9.72 Å². The molecule has 1 aromatic carbocycles. The third kappa shape index (κ3) is 1.57. The molecule has 0 bridgehead atoms. The summed E-state index contributed by atoms with van der Waals surface area (Å²) >= 11 is 5.61. The van der Waals surface area contributed by atoms with Crippen LogP contribution in [-0.4, -0.2) is 12.1 Å². The zero-order valence-corrected chi connectivity index (χ0v) is 8.78. The van der Waals surface area contributed by atoms with Gasteiger partial charge >= 0.3 is 0 Å². The van der Waals surface area contributed by atoms with Crippen LogP contribution in [0.1, 0.15) is 0 Å². The highest BCUT2D eigenvalue weighted by Crippen LogP contribution is 2.32. The van der Waals surface area contributed by atoms with Crippen LogP contribution in [0.15, 0.2) is 12.1 Å². The average molecular weight is 248 g/mol. The van der Waals surface area contributed by atoms with Gasteiger partial charge in [0.25, 0.3) is 5.88 Å². The van der Waals surface area contributed by atoms with E-state index in [1.807, 2.05) is 0 Å². The average Bonchev–Trinajstić information content (AvgIpc) is 2.22. The molecule has 0 amide bonds. The molecule has 0 radical (unpaired) electrons.